The molecule has 102 valence electrons. The fourth-order valence-electron chi connectivity index (χ4n) is 0.675. The highest BCUT2D eigenvalue weighted by Crippen LogP contribution is 2.33. The van der Waals surface area contributed by atoms with Crippen LogP contribution in [-0.4, -0.2) is 39.5 Å². The van der Waals surface area contributed by atoms with Crippen molar-refractivity contribution in [2.24, 2.45) is 0 Å². The average Bonchev–Trinajstić information content (AvgIpc) is 2.20. The minimum Gasteiger partial charge on any atom is -0.504 e. The summed E-state index contributed by atoms with van der Waals surface area (Å²) < 4.78 is 4.72. The molecular weight excluding hydrogens is 244 g/mol. The highest BCUT2D eigenvalue weighted by atomic mass is 16.5. The van der Waals surface area contributed by atoms with E-state index in [1.165, 1.54) is 13.2 Å². The molecule has 0 aliphatic rings. The van der Waals surface area contributed by atoms with Gasteiger partial charge in [0, 0.05) is 13.8 Å². The van der Waals surface area contributed by atoms with Crippen LogP contribution in [0.3, 0.4) is 0 Å². The van der Waals surface area contributed by atoms with Crippen molar-refractivity contribution in [3.63, 3.8) is 0 Å². The summed E-state index contributed by atoms with van der Waals surface area (Å²) in [6, 6.07) is 4.54. The molecule has 0 saturated carbocycles. The van der Waals surface area contributed by atoms with E-state index in [9.17, 15) is 0 Å². The Morgan fingerprint density at radius 1 is 1.06 bits per heavy atom. The summed E-state index contributed by atoms with van der Waals surface area (Å²) >= 11 is 0. The molecule has 0 aliphatic carbocycles. The van der Waals surface area contributed by atoms with Crippen LogP contribution in [0.2, 0.25) is 0 Å². The molecule has 4 N–H and O–H groups in total. The largest absolute Gasteiger partial charge is 0.504 e. The van der Waals surface area contributed by atoms with Gasteiger partial charge < -0.3 is 25.2 Å². The Hall–Kier alpha value is -2.44. The molecule has 0 fully saturated rings. The van der Waals surface area contributed by atoms with Gasteiger partial charge in [0.2, 0.25) is 0 Å². The number of aliphatic carboxylic acids is 2. The van der Waals surface area contributed by atoms with Gasteiger partial charge in [0.15, 0.2) is 17.2 Å². The smallest absolute Gasteiger partial charge is 0.300 e. The van der Waals surface area contributed by atoms with Crippen molar-refractivity contribution in [3.05, 3.63) is 18.2 Å². The van der Waals surface area contributed by atoms with Crippen LogP contribution in [0.1, 0.15) is 13.8 Å². The van der Waals surface area contributed by atoms with Crippen molar-refractivity contribution in [2.75, 3.05) is 7.11 Å². The van der Waals surface area contributed by atoms with E-state index in [1.54, 1.807) is 12.1 Å². The van der Waals surface area contributed by atoms with Crippen molar-refractivity contribution >= 4 is 11.9 Å². The lowest BCUT2D eigenvalue weighted by atomic mass is 10.3. The number of carboxylic acid groups (broad SMARTS) is 2. The molecule has 7 heteroatoms. The molecule has 18 heavy (non-hydrogen) atoms. The Kier molecular flexibility index (Phi) is 9.73. The van der Waals surface area contributed by atoms with Gasteiger partial charge in [-0.3, -0.25) is 9.59 Å². The predicted octanol–water partition coefficient (Wildman–Crippen LogP) is 1.29. The summed E-state index contributed by atoms with van der Waals surface area (Å²) in [5.41, 5.74) is 0. The number of carboxylic acids is 2. The van der Waals surface area contributed by atoms with Crippen molar-refractivity contribution < 1.29 is 34.8 Å². The molecule has 0 atom stereocenters. The molecule has 1 aromatic rings. The number of hydrogen-bond donors (Lipinski definition) is 4. The summed E-state index contributed by atoms with van der Waals surface area (Å²) in [5.74, 6) is -1.77. The Morgan fingerprint density at radius 2 is 1.44 bits per heavy atom. The minimum atomic E-state index is -0.833. The van der Waals surface area contributed by atoms with Crippen molar-refractivity contribution in [3.8, 4) is 17.2 Å². The predicted molar refractivity (Wildman–Crippen MR) is 62.9 cm³/mol. The van der Waals surface area contributed by atoms with Crippen LogP contribution < -0.4 is 4.74 Å². The van der Waals surface area contributed by atoms with Crippen molar-refractivity contribution in [1.82, 2.24) is 0 Å². The molecule has 1 rings (SSSR count). The van der Waals surface area contributed by atoms with Gasteiger partial charge in [0.1, 0.15) is 0 Å². The lowest BCUT2D eigenvalue weighted by Crippen LogP contribution is -1.82. The number of phenols is 2. The van der Waals surface area contributed by atoms with Gasteiger partial charge >= 0.3 is 0 Å². The monoisotopic (exact) mass is 260 g/mol. The first-order valence-electron chi connectivity index (χ1n) is 4.66. The first-order chi connectivity index (χ1) is 8.22. The van der Waals surface area contributed by atoms with Crippen LogP contribution in [0, 0.1) is 0 Å². The third kappa shape index (κ3) is 11.6. The standard InChI is InChI=1S/C7H8O3.2C2H4O2/c1-10-6-4-2-3-5(8)7(6)9;2*1-2(3)4/h2-4,8-9H,1H3;2*1H3,(H,3,4). The number of carbonyl (C=O) groups is 2. The zero-order valence-electron chi connectivity index (χ0n) is 10.2. The zero-order valence-corrected chi connectivity index (χ0v) is 10.2. The van der Waals surface area contributed by atoms with E-state index in [1.807, 2.05) is 0 Å². The van der Waals surface area contributed by atoms with Crippen LogP contribution in [-0.2, 0) is 9.59 Å². The molecule has 0 saturated heterocycles. The average molecular weight is 260 g/mol. The van der Waals surface area contributed by atoms with Gasteiger partial charge in [-0.2, -0.15) is 0 Å². The summed E-state index contributed by atoms with van der Waals surface area (Å²) in [7, 11) is 1.43. The van der Waals surface area contributed by atoms with Crippen LogP contribution >= 0.6 is 0 Å². The summed E-state index contributed by atoms with van der Waals surface area (Å²) in [4.78, 5) is 18.0. The number of hydrogen-bond acceptors (Lipinski definition) is 5. The highest BCUT2D eigenvalue weighted by molar-refractivity contribution is 5.63. The van der Waals surface area contributed by atoms with Crippen LogP contribution in [0.4, 0.5) is 0 Å². The molecule has 0 aliphatic heterocycles. The maximum atomic E-state index is 9.02. The number of benzene rings is 1. The lowest BCUT2D eigenvalue weighted by molar-refractivity contribution is -0.135. The summed E-state index contributed by atoms with van der Waals surface area (Å²) in [6.07, 6.45) is 0. The molecule has 7 nitrogen and oxygen atoms in total. The molecule has 0 heterocycles. The molecule has 0 spiro atoms. The highest BCUT2D eigenvalue weighted by Gasteiger charge is 2.03. The van der Waals surface area contributed by atoms with Gasteiger partial charge in [0.25, 0.3) is 11.9 Å². The maximum absolute atomic E-state index is 9.02. The fraction of sp³-hybridized carbons (Fsp3) is 0.273. The van der Waals surface area contributed by atoms with E-state index in [4.69, 9.17) is 34.8 Å². The normalized spacial score (nSPS) is 7.94. The van der Waals surface area contributed by atoms with Crippen molar-refractivity contribution in [2.45, 2.75) is 13.8 Å². The fourth-order valence-corrected chi connectivity index (χ4v) is 0.675. The van der Waals surface area contributed by atoms with E-state index < -0.39 is 11.9 Å². The number of rotatable bonds is 1. The van der Waals surface area contributed by atoms with E-state index in [2.05, 4.69) is 0 Å². The Bertz CT molecular complexity index is 367. The quantitative estimate of drug-likeness (QED) is 0.560. The molecule has 0 radical (unpaired) electrons. The van der Waals surface area contributed by atoms with Gasteiger partial charge in [-0.05, 0) is 12.1 Å². The molecule has 0 unspecified atom stereocenters. The van der Waals surface area contributed by atoms with E-state index in [0.29, 0.717) is 0 Å². The second-order valence-electron chi connectivity index (χ2n) is 2.87. The third-order valence-electron chi connectivity index (χ3n) is 1.20. The summed E-state index contributed by atoms with van der Waals surface area (Å²) in [5, 5.41) is 32.8. The van der Waals surface area contributed by atoms with Crippen molar-refractivity contribution in [1.29, 1.82) is 0 Å². The number of ether oxygens (including phenoxy) is 1. The lowest BCUT2D eigenvalue weighted by Gasteiger charge is -2.02. The second-order valence-corrected chi connectivity index (χ2v) is 2.87. The topological polar surface area (TPSA) is 124 Å². The molecule has 0 bridgehead atoms. The Morgan fingerprint density at radius 3 is 1.72 bits per heavy atom. The first-order valence-corrected chi connectivity index (χ1v) is 4.66. The Labute approximate surface area is 104 Å². The molecule has 1 aromatic carbocycles. The SMILES string of the molecule is CC(=O)O.CC(=O)O.COc1cccc(O)c1O. The molecule has 0 aromatic heterocycles. The van der Waals surface area contributed by atoms with Crippen LogP contribution in [0.5, 0.6) is 17.2 Å². The second kappa shape index (κ2) is 9.76. The van der Waals surface area contributed by atoms with Gasteiger partial charge in [-0.15, -0.1) is 0 Å². The zero-order chi connectivity index (χ0) is 14.7. The van der Waals surface area contributed by atoms with Gasteiger partial charge in [0.05, 0.1) is 7.11 Å². The maximum Gasteiger partial charge on any atom is 0.300 e. The number of phenolic OH excluding ortho intramolecular Hbond substituents is 2. The van der Waals surface area contributed by atoms with Crippen LogP contribution in [0.25, 0.3) is 0 Å². The van der Waals surface area contributed by atoms with Gasteiger partial charge in [-0.25, -0.2) is 0 Å². The number of methoxy groups -OCH3 is 1. The molecular formula is C11H16O7. The molecule has 0 amide bonds. The van der Waals surface area contributed by atoms with E-state index in [0.717, 1.165) is 13.8 Å². The van der Waals surface area contributed by atoms with Crippen LogP contribution in [0.15, 0.2) is 18.2 Å². The van der Waals surface area contributed by atoms with Gasteiger partial charge in [-0.1, -0.05) is 6.07 Å². The number of para-hydroxylation sites is 1. The Balaban J connectivity index is 0. The van der Waals surface area contributed by atoms with E-state index >= 15 is 0 Å². The minimum absolute atomic E-state index is 0.167. The van der Waals surface area contributed by atoms with E-state index in [-0.39, 0.29) is 17.2 Å². The number of aromatic hydroxyl groups is 2. The summed E-state index contributed by atoms with van der Waals surface area (Å²) in [6.45, 7) is 2.17. The first kappa shape index (κ1) is 17.9. The third-order valence-corrected chi connectivity index (χ3v) is 1.20.